The fourth-order valence-corrected chi connectivity index (χ4v) is 3.69. The summed E-state index contributed by atoms with van der Waals surface area (Å²) in [5, 5.41) is 2.04. The molecule has 0 N–H and O–H groups in total. The van der Waals surface area contributed by atoms with Gasteiger partial charge in [0.1, 0.15) is 5.75 Å². The molecule has 5 heteroatoms. The van der Waals surface area contributed by atoms with E-state index in [0.29, 0.717) is 13.1 Å². The van der Waals surface area contributed by atoms with Crippen molar-refractivity contribution in [2.45, 2.75) is 39.3 Å². The number of nitrogens with zero attached hydrogens (tertiary/aromatic N) is 2. The maximum atomic E-state index is 12.9. The Morgan fingerprint density at radius 1 is 1.07 bits per heavy atom. The average molecular weight is 397 g/mol. The highest BCUT2D eigenvalue weighted by Gasteiger charge is 2.18. The lowest BCUT2D eigenvalue weighted by Gasteiger charge is -2.23. The lowest BCUT2D eigenvalue weighted by atomic mass is 9.87. The third-order valence-corrected chi connectivity index (χ3v) is 5.63. The standard InChI is InChI=1S/C23H28N2O2S/c1-23(2,3)18-9-11-20(12-10-18)27-17-22(26)25(16-21-8-6-14-28-21)15-19-7-5-13-24(19)4/h5-14H,15-17H2,1-4H3. The Morgan fingerprint density at radius 3 is 2.39 bits per heavy atom. The SMILES string of the molecule is Cn1cccc1CN(Cc1cccs1)C(=O)COc1ccc(C(C)(C)C)cc1. The minimum atomic E-state index is -0.0190. The number of hydrogen-bond donors (Lipinski definition) is 0. The molecule has 0 unspecified atom stereocenters. The van der Waals surface area contributed by atoms with E-state index in [1.54, 1.807) is 11.3 Å². The summed E-state index contributed by atoms with van der Waals surface area (Å²) in [5.41, 5.74) is 2.44. The molecule has 1 amide bonds. The van der Waals surface area contributed by atoms with Gasteiger partial charge < -0.3 is 14.2 Å². The third-order valence-electron chi connectivity index (χ3n) is 4.77. The molecular weight excluding hydrogens is 368 g/mol. The first-order valence-electron chi connectivity index (χ1n) is 9.46. The molecule has 1 aromatic carbocycles. The monoisotopic (exact) mass is 396 g/mol. The predicted molar refractivity (Wildman–Crippen MR) is 115 cm³/mol. The number of hydrogen-bond acceptors (Lipinski definition) is 3. The molecule has 0 bridgehead atoms. The van der Waals surface area contributed by atoms with Crippen molar-refractivity contribution in [2.75, 3.05) is 6.61 Å². The summed E-state index contributed by atoms with van der Waals surface area (Å²) in [6.45, 7) is 7.72. The summed E-state index contributed by atoms with van der Waals surface area (Å²) in [6, 6.07) is 16.1. The molecule has 4 nitrogen and oxygen atoms in total. The second kappa shape index (κ2) is 8.65. The predicted octanol–water partition coefficient (Wildman–Crippen LogP) is 4.99. The van der Waals surface area contributed by atoms with Gasteiger partial charge in [-0.2, -0.15) is 0 Å². The molecule has 0 aliphatic carbocycles. The number of thiophene rings is 1. The number of carbonyl (C=O) groups excluding carboxylic acids is 1. The van der Waals surface area contributed by atoms with Crippen molar-refractivity contribution >= 4 is 17.2 Å². The summed E-state index contributed by atoms with van der Waals surface area (Å²) in [4.78, 5) is 15.9. The van der Waals surface area contributed by atoms with Crippen LogP contribution in [0.15, 0.2) is 60.1 Å². The van der Waals surface area contributed by atoms with Crippen molar-refractivity contribution in [3.8, 4) is 5.75 Å². The van der Waals surface area contributed by atoms with Gasteiger partial charge in [-0.3, -0.25) is 4.79 Å². The van der Waals surface area contributed by atoms with E-state index < -0.39 is 0 Å². The zero-order valence-corrected chi connectivity index (χ0v) is 17.8. The minimum Gasteiger partial charge on any atom is -0.484 e. The molecule has 0 aliphatic heterocycles. The van der Waals surface area contributed by atoms with Crippen molar-refractivity contribution in [3.63, 3.8) is 0 Å². The van der Waals surface area contributed by atoms with Crippen LogP contribution in [0.3, 0.4) is 0 Å². The molecule has 148 valence electrons. The smallest absolute Gasteiger partial charge is 0.261 e. The van der Waals surface area contributed by atoms with Crippen LogP contribution >= 0.6 is 11.3 Å². The lowest BCUT2D eigenvalue weighted by molar-refractivity contribution is -0.134. The van der Waals surface area contributed by atoms with Gasteiger partial charge in [-0.25, -0.2) is 0 Å². The Balaban J connectivity index is 1.66. The zero-order valence-electron chi connectivity index (χ0n) is 17.0. The zero-order chi connectivity index (χ0) is 20.1. The van der Waals surface area contributed by atoms with Crippen LogP contribution in [0, 0.1) is 0 Å². The first kappa shape index (κ1) is 20.2. The van der Waals surface area contributed by atoms with Crippen LogP contribution in [0.2, 0.25) is 0 Å². The molecule has 3 rings (SSSR count). The maximum Gasteiger partial charge on any atom is 0.261 e. The van der Waals surface area contributed by atoms with E-state index in [9.17, 15) is 4.79 Å². The van der Waals surface area contributed by atoms with Crippen LogP contribution in [-0.2, 0) is 30.3 Å². The summed E-state index contributed by atoms with van der Waals surface area (Å²) in [5.74, 6) is 0.700. The van der Waals surface area contributed by atoms with Gasteiger partial charge in [-0.1, -0.05) is 39.0 Å². The molecule has 28 heavy (non-hydrogen) atoms. The number of aromatic nitrogens is 1. The highest BCUT2D eigenvalue weighted by atomic mass is 32.1. The fourth-order valence-electron chi connectivity index (χ4n) is 2.97. The Kier molecular flexibility index (Phi) is 6.25. The van der Waals surface area contributed by atoms with E-state index in [-0.39, 0.29) is 17.9 Å². The van der Waals surface area contributed by atoms with E-state index in [1.165, 1.54) is 5.56 Å². The van der Waals surface area contributed by atoms with E-state index in [4.69, 9.17) is 4.74 Å². The van der Waals surface area contributed by atoms with Crippen molar-refractivity contribution < 1.29 is 9.53 Å². The molecule has 3 aromatic rings. The quantitative estimate of drug-likeness (QED) is 0.564. The second-order valence-corrected chi connectivity index (χ2v) is 9.03. The van der Waals surface area contributed by atoms with Gasteiger partial charge in [0.15, 0.2) is 6.61 Å². The Bertz CT molecular complexity index is 890. The summed E-state index contributed by atoms with van der Waals surface area (Å²) < 4.78 is 7.83. The van der Waals surface area contributed by atoms with Gasteiger partial charge in [0, 0.05) is 23.8 Å². The molecule has 0 saturated carbocycles. The molecule has 0 radical (unpaired) electrons. The van der Waals surface area contributed by atoms with E-state index in [1.807, 2.05) is 58.4 Å². The van der Waals surface area contributed by atoms with Gasteiger partial charge in [-0.05, 0) is 46.7 Å². The van der Waals surface area contributed by atoms with Crippen LogP contribution in [0.25, 0.3) is 0 Å². The van der Waals surface area contributed by atoms with Crippen LogP contribution in [0.1, 0.15) is 36.9 Å². The average Bonchev–Trinajstić information content (AvgIpc) is 3.31. The number of rotatable bonds is 7. The van der Waals surface area contributed by atoms with Crippen LogP contribution < -0.4 is 4.74 Å². The molecular formula is C23H28N2O2S. The Morgan fingerprint density at radius 2 is 1.82 bits per heavy atom. The molecule has 2 aromatic heterocycles. The molecule has 0 aliphatic rings. The molecule has 0 atom stereocenters. The number of ether oxygens (including phenoxy) is 1. The summed E-state index contributed by atoms with van der Waals surface area (Å²) >= 11 is 1.66. The van der Waals surface area contributed by atoms with Gasteiger partial charge >= 0.3 is 0 Å². The van der Waals surface area contributed by atoms with Crippen LogP contribution in [0.5, 0.6) is 5.75 Å². The maximum absolute atomic E-state index is 12.9. The first-order chi connectivity index (χ1) is 13.3. The molecule has 0 fully saturated rings. The summed E-state index contributed by atoms with van der Waals surface area (Å²) in [6.07, 6.45) is 2.00. The topological polar surface area (TPSA) is 34.5 Å². The molecule has 0 saturated heterocycles. The van der Waals surface area contributed by atoms with Gasteiger partial charge in [0.05, 0.1) is 13.1 Å². The Labute approximate surface area is 171 Å². The number of carbonyl (C=O) groups is 1. The number of benzene rings is 1. The van der Waals surface area contributed by atoms with Gasteiger partial charge in [0.25, 0.3) is 5.91 Å². The normalized spacial score (nSPS) is 11.4. The largest absolute Gasteiger partial charge is 0.484 e. The van der Waals surface area contributed by atoms with Gasteiger partial charge in [0.2, 0.25) is 0 Å². The van der Waals surface area contributed by atoms with Crippen molar-refractivity contribution in [3.05, 3.63) is 76.2 Å². The van der Waals surface area contributed by atoms with Crippen LogP contribution in [-0.4, -0.2) is 22.0 Å². The van der Waals surface area contributed by atoms with Crippen molar-refractivity contribution in [1.29, 1.82) is 0 Å². The highest BCUT2D eigenvalue weighted by molar-refractivity contribution is 7.09. The fraction of sp³-hybridized carbons (Fsp3) is 0.348. The summed E-state index contributed by atoms with van der Waals surface area (Å²) in [7, 11) is 2.00. The molecule has 0 spiro atoms. The van der Waals surface area contributed by atoms with Gasteiger partial charge in [-0.15, -0.1) is 11.3 Å². The highest BCUT2D eigenvalue weighted by Crippen LogP contribution is 2.24. The van der Waals surface area contributed by atoms with E-state index >= 15 is 0 Å². The van der Waals surface area contributed by atoms with E-state index in [2.05, 4.69) is 39.0 Å². The number of amides is 1. The lowest BCUT2D eigenvalue weighted by Crippen LogP contribution is -2.34. The van der Waals surface area contributed by atoms with Crippen molar-refractivity contribution in [1.82, 2.24) is 9.47 Å². The van der Waals surface area contributed by atoms with Crippen LogP contribution in [0.4, 0.5) is 0 Å². The second-order valence-electron chi connectivity index (χ2n) is 8.00. The van der Waals surface area contributed by atoms with E-state index in [0.717, 1.165) is 16.3 Å². The minimum absolute atomic E-state index is 0.0190. The Hall–Kier alpha value is -2.53. The third kappa shape index (κ3) is 5.26. The number of aryl methyl sites for hydroxylation is 1. The first-order valence-corrected chi connectivity index (χ1v) is 10.3. The van der Waals surface area contributed by atoms with Crippen molar-refractivity contribution in [2.24, 2.45) is 7.05 Å². The molecule has 2 heterocycles.